The van der Waals surface area contributed by atoms with E-state index in [1.54, 1.807) is 37.3 Å². The van der Waals surface area contributed by atoms with Crippen molar-refractivity contribution >= 4 is 38.2 Å². The van der Waals surface area contributed by atoms with E-state index in [9.17, 15) is 13.2 Å². The molecule has 8 heteroatoms. The smallest absolute Gasteiger partial charge is 0.341 e. The van der Waals surface area contributed by atoms with Gasteiger partial charge in [-0.1, -0.05) is 48.5 Å². The molecule has 1 aliphatic carbocycles. The molecule has 3 aromatic rings. The summed E-state index contributed by atoms with van der Waals surface area (Å²) in [4.78, 5) is 14.1. The SMILES string of the molecule is CCOC(=O)c1c(N/C(=N\S(=O)(=O)c2ccccc2)c2ccccc2)sc2c1CCCC2. The van der Waals surface area contributed by atoms with Crippen molar-refractivity contribution in [3.05, 3.63) is 82.2 Å². The van der Waals surface area contributed by atoms with Crippen LogP contribution >= 0.6 is 11.3 Å². The zero-order valence-electron chi connectivity index (χ0n) is 17.7. The Morgan fingerprint density at radius 3 is 2.38 bits per heavy atom. The van der Waals surface area contributed by atoms with Crippen LogP contribution in [0, 0.1) is 0 Å². The molecule has 0 atom stereocenters. The number of nitrogens with zero attached hydrogens (tertiary/aromatic N) is 1. The molecule has 0 saturated carbocycles. The molecule has 0 spiro atoms. The lowest BCUT2D eigenvalue weighted by Gasteiger charge is -2.13. The van der Waals surface area contributed by atoms with E-state index in [-0.39, 0.29) is 17.3 Å². The molecule has 166 valence electrons. The van der Waals surface area contributed by atoms with Gasteiger partial charge in [0.1, 0.15) is 5.00 Å². The van der Waals surface area contributed by atoms with Gasteiger partial charge in [0, 0.05) is 10.4 Å². The van der Waals surface area contributed by atoms with Crippen LogP contribution < -0.4 is 5.32 Å². The second-order valence-electron chi connectivity index (χ2n) is 7.35. The van der Waals surface area contributed by atoms with E-state index < -0.39 is 16.0 Å². The molecule has 0 saturated heterocycles. The maximum atomic E-state index is 13.0. The van der Waals surface area contributed by atoms with Crippen LogP contribution in [0.3, 0.4) is 0 Å². The maximum absolute atomic E-state index is 13.0. The number of hydrogen-bond acceptors (Lipinski definition) is 5. The highest BCUT2D eigenvalue weighted by atomic mass is 32.2. The maximum Gasteiger partial charge on any atom is 0.341 e. The van der Waals surface area contributed by atoms with Crippen LogP contribution in [0.25, 0.3) is 0 Å². The first-order valence-corrected chi connectivity index (χ1v) is 12.8. The van der Waals surface area contributed by atoms with E-state index in [1.807, 2.05) is 18.2 Å². The highest BCUT2D eigenvalue weighted by Crippen LogP contribution is 2.39. The molecule has 1 aromatic heterocycles. The quantitative estimate of drug-likeness (QED) is 0.311. The number of thiophene rings is 1. The molecule has 0 radical (unpaired) electrons. The Morgan fingerprint density at radius 1 is 1.03 bits per heavy atom. The fourth-order valence-corrected chi connectivity index (χ4v) is 5.96. The first-order valence-electron chi connectivity index (χ1n) is 10.5. The zero-order chi connectivity index (χ0) is 22.6. The minimum atomic E-state index is -3.96. The number of aryl methyl sites for hydroxylation is 1. The first-order chi connectivity index (χ1) is 15.5. The number of carbonyl (C=O) groups is 1. The van der Waals surface area contributed by atoms with Crippen molar-refractivity contribution in [3.8, 4) is 0 Å². The standard InChI is InChI=1S/C24H24N2O4S2/c1-2-30-24(27)21-19-15-9-10-16-20(19)31-23(21)25-22(17-11-5-3-6-12-17)26-32(28,29)18-13-7-4-8-14-18/h3-8,11-14H,2,9-10,15-16H2,1H3,(H,25,26). The molecule has 1 heterocycles. The predicted octanol–water partition coefficient (Wildman–Crippen LogP) is 5.05. The second-order valence-corrected chi connectivity index (χ2v) is 10.1. The summed E-state index contributed by atoms with van der Waals surface area (Å²) in [6, 6.07) is 17.1. The molecule has 32 heavy (non-hydrogen) atoms. The number of benzene rings is 2. The van der Waals surface area contributed by atoms with Crippen LogP contribution in [0.4, 0.5) is 5.00 Å². The monoisotopic (exact) mass is 468 g/mol. The Labute approximate surface area is 192 Å². The minimum absolute atomic E-state index is 0.103. The molecule has 1 aliphatic rings. The number of amidine groups is 1. The molecule has 6 nitrogen and oxygen atoms in total. The number of sulfonamides is 1. The summed E-state index contributed by atoms with van der Waals surface area (Å²) in [6.07, 6.45) is 3.78. The first kappa shape index (κ1) is 22.2. The summed E-state index contributed by atoms with van der Waals surface area (Å²) < 4.78 is 35.5. The van der Waals surface area contributed by atoms with Crippen molar-refractivity contribution < 1.29 is 17.9 Å². The summed E-state index contributed by atoms with van der Waals surface area (Å²) in [5.74, 6) is -0.230. The number of esters is 1. The van der Waals surface area contributed by atoms with Crippen LogP contribution in [0.2, 0.25) is 0 Å². The molecule has 1 N–H and O–H groups in total. The molecule has 0 bridgehead atoms. The van der Waals surface area contributed by atoms with Gasteiger partial charge in [-0.3, -0.25) is 0 Å². The van der Waals surface area contributed by atoms with Crippen molar-refractivity contribution in [2.75, 3.05) is 11.9 Å². The number of fused-ring (bicyclic) bond motifs is 1. The Kier molecular flexibility index (Phi) is 6.72. The van der Waals surface area contributed by atoms with Crippen molar-refractivity contribution in [1.29, 1.82) is 0 Å². The van der Waals surface area contributed by atoms with Crippen molar-refractivity contribution in [2.45, 2.75) is 37.5 Å². The van der Waals surface area contributed by atoms with Gasteiger partial charge in [-0.2, -0.15) is 8.42 Å². The van der Waals surface area contributed by atoms with Gasteiger partial charge in [-0.05, 0) is 50.3 Å². The largest absolute Gasteiger partial charge is 0.462 e. The van der Waals surface area contributed by atoms with Gasteiger partial charge in [0.05, 0.1) is 17.1 Å². The molecular weight excluding hydrogens is 444 g/mol. The highest BCUT2D eigenvalue weighted by Gasteiger charge is 2.27. The number of hydrogen-bond donors (Lipinski definition) is 1. The van der Waals surface area contributed by atoms with Gasteiger partial charge in [-0.25, -0.2) is 4.79 Å². The third-order valence-electron chi connectivity index (χ3n) is 5.18. The average Bonchev–Trinajstić information content (AvgIpc) is 3.18. The summed E-state index contributed by atoms with van der Waals surface area (Å²) in [5, 5.41) is 3.75. The molecule has 4 rings (SSSR count). The van der Waals surface area contributed by atoms with Gasteiger partial charge in [0.25, 0.3) is 10.0 Å². The zero-order valence-corrected chi connectivity index (χ0v) is 19.3. The molecule has 0 unspecified atom stereocenters. The van der Waals surface area contributed by atoms with E-state index in [0.717, 1.165) is 36.1 Å². The molecule has 2 aromatic carbocycles. The van der Waals surface area contributed by atoms with Crippen LogP contribution in [0.1, 0.15) is 46.1 Å². The van der Waals surface area contributed by atoms with E-state index in [2.05, 4.69) is 9.71 Å². The normalized spacial score (nSPS) is 14.0. The van der Waals surface area contributed by atoms with E-state index >= 15 is 0 Å². The lowest BCUT2D eigenvalue weighted by atomic mass is 9.95. The summed E-state index contributed by atoms with van der Waals surface area (Å²) in [5.41, 5.74) is 2.10. The number of rotatable bonds is 6. The van der Waals surface area contributed by atoms with Crippen LogP contribution in [-0.2, 0) is 27.6 Å². The number of anilines is 1. The number of nitrogens with one attached hydrogen (secondary N) is 1. The van der Waals surface area contributed by atoms with Gasteiger partial charge in [0.2, 0.25) is 0 Å². The minimum Gasteiger partial charge on any atom is -0.462 e. The van der Waals surface area contributed by atoms with E-state index in [4.69, 9.17) is 4.74 Å². The fourth-order valence-electron chi connectivity index (χ4n) is 3.69. The summed E-state index contributed by atoms with van der Waals surface area (Å²) >= 11 is 1.47. The lowest BCUT2D eigenvalue weighted by molar-refractivity contribution is 0.0526. The van der Waals surface area contributed by atoms with Crippen LogP contribution in [0.15, 0.2) is 70.0 Å². The van der Waals surface area contributed by atoms with Crippen LogP contribution in [0.5, 0.6) is 0 Å². The molecular formula is C24H24N2O4S2. The topological polar surface area (TPSA) is 84.8 Å². The molecule has 0 aliphatic heterocycles. The second kappa shape index (κ2) is 9.67. The predicted molar refractivity (Wildman–Crippen MR) is 127 cm³/mol. The third kappa shape index (κ3) is 4.76. The average molecular weight is 469 g/mol. The van der Waals surface area contributed by atoms with Crippen molar-refractivity contribution in [1.82, 2.24) is 0 Å². The third-order valence-corrected chi connectivity index (χ3v) is 7.68. The summed E-state index contributed by atoms with van der Waals surface area (Å²) in [7, 11) is -3.96. The highest BCUT2D eigenvalue weighted by molar-refractivity contribution is 7.90. The van der Waals surface area contributed by atoms with Gasteiger partial charge in [0.15, 0.2) is 5.84 Å². The lowest BCUT2D eigenvalue weighted by Crippen LogP contribution is -2.18. The number of carbonyl (C=O) groups excluding carboxylic acids is 1. The Hall–Kier alpha value is -2.97. The van der Waals surface area contributed by atoms with Gasteiger partial charge in [-0.15, -0.1) is 15.7 Å². The van der Waals surface area contributed by atoms with Crippen LogP contribution in [-0.4, -0.2) is 26.8 Å². The van der Waals surface area contributed by atoms with E-state index in [1.165, 1.54) is 23.5 Å². The summed E-state index contributed by atoms with van der Waals surface area (Å²) in [6.45, 7) is 2.04. The Bertz CT molecular complexity index is 1230. The van der Waals surface area contributed by atoms with Gasteiger partial charge < -0.3 is 10.1 Å². The Morgan fingerprint density at radius 2 is 1.69 bits per heavy atom. The Balaban J connectivity index is 1.81. The van der Waals surface area contributed by atoms with Gasteiger partial charge >= 0.3 is 5.97 Å². The van der Waals surface area contributed by atoms with Crippen molar-refractivity contribution in [2.24, 2.45) is 4.40 Å². The molecule has 0 amide bonds. The molecule has 0 fully saturated rings. The van der Waals surface area contributed by atoms with Crippen molar-refractivity contribution in [3.63, 3.8) is 0 Å². The number of ether oxygens (including phenoxy) is 1. The fraction of sp³-hybridized carbons (Fsp3) is 0.250. The van der Waals surface area contributed by atoms with E-state index in [0.29, 0.717) is 16.1 Å².